The molecular weight excluding hydrogens is 196 g/mol. The summed E-state index contributed by atoms with van der Waals surface area (Å²) in [6.07, 6.45) is 0.919. The second kappa shape index (κ2) is 4.42. The number of nitrogens with one attached hydrogen (secondary N) is 1. The van der Waals surface area contributed by atoms with Crippen LogP contribution in [0.25, 0.3) is 0 Å². The molecule has 0 saturated carbocycles. The van der Waals surface area contributed by atoms with Gasteiger partial charge in [0.15, 0.2) is 5.15 Å². The summed E-state index contributed by atoms with van der Waals surface area (Å²) in [6.45, 7) is 2.67. The van der Waals surface area contributed by atoms with Crippen LogP contribution in [-0.2, 0) is 0 Å². The van der Waals surface area contributed by atoms with Crippen LogP contribution in [0.3, 0.4) is 0 Å². The second-order valence-corrected chi connectivity index (χ2v) is 3.44. The maximum absolute atomic E-state index is 11.3. The van der Waals surface area contributed by atoms with Crippen molar-refractivity contribution < 1.29 is 4.79 Å². The molecular formula is C7H9ClN2OS. The first-order valence-corrected chi connectivity index (χ1v) is 4.88. The van der Waals surface area contributed by atoms with E-state index in [2.05, 4.69) is 10.3 Å². The molecule has 1 heterocycles. The standard InChI is InChI=1S/C7H9ClN2OS/c1-2-3-9-7(11)5-6(8)10-4-12-5/h4H,2-3H2,1H3,(H,9,11). The third-order valence-corrected chi connectivity index (χ3v) is 2.49. The van der Waals surface area contributed by atoms with Gasteiger partial charge in [-0.2, -0.15) is 0 Å². The number of amides is 1. The number of hydrogen-bond donors (Lipinski definition) is 1. The molecule has 0 spiro atoms. The van der Waals surface area contributed by atoms with Gasteiger partial charge in [-0.15, -0.1) is 11.3 Å². The van der Waals surface area contributed by atoms with E-state index in [9.17, 15) is 4.79 Å². The van der Waals surface area contributed by atoms with E-state index in [0.29, 0.717) is 11.4 Å². The smallest absolute Gasteiger partial charge is 0.264 e. The number of rotatable bonds is 3. The van der Waals surface area contributed by atoms with E-state index in [0.717, 1.165) is 6.42 Å². The number of carbonyl (C=O) groups is 1. The molecule has 0 atom stereocenters. The summed E-state index contributed by atoms with van der Waals surface area (Å²) >= 11 is 6.91. The van der Waals surface area contributed by atoms with Crippen molar-refractivity contribution in [3.05, 3.63) is 15.5 Å². The van der Waals surface area contributed by atoms with Crippen LogP contribution in [0.1, 0.15) is 23.0 Å². The summed E-state index contributed by atoms with van der Waals surface area (Å²) in [5.41, 5.74) is 1.56. The van der Waals surface area contributed by atoms with E-state index in [-0.39, 0.29) is 11.1 Å². The molecule has 0 aromatic carbocycles. The van der Waals surface area contributed by atoms with Crippen molar-refractivity contribution in [1.82, 2.24) is 10.3 Å². The minimum absolute atomic E-state index is 0.135. The predicted molar refractivity (Wildman–Crippen MR) is 49.7 cm³/mol. The van der Waals surface area contributed by atoms with E-state index in [1.807, 2.05) is 6.92 Å². The van der Waals surface area contributed by atoms with Crippen LogP contribution < -0.4 is 5.32 Å². The molecule has 1 amide bonds. The molecule has 0 saturated heterocycles. The third kappa shape index (κ3) is 2.19. The van der Waals surface area contributed by atoms with E-state index in [4.69, 9.17) is 11.6 Å². The van der Waals surface area contributed by atoms with Crippen LogP contribution in [0.5, 0.6) is 0 Å². The Kier molecular flexibility index (Phi) is 3.49. The molecule has 5 heteroatoms. The Labute approximate surface area is 79.8 Å². The second-order valence-electron chi connectivity index (χ2n) is 2.23. The van der Waals surface area contributed by atoms with Crippen LogP contribution in [0.2, 0.25) is 5.15 Å². The molecule has 12 heavy (non-hydrogen) atoms. The van der Waals surface area contributed by atoms with Gasteiger partial charge in [-0.05, 0) is 6.42 Å². The number of thiazole rings is 1. The fourth-order valence-electron chi connectivity index (χ4n) is 0.699. The van der Waals surface area contributed by atoms with Crippen molar-refractivity contribution in [3.8, 4) is 0 Å². The zero-order valence-corrected chi connectivity index (χ0v) is 8.21. The zero-order chi connectivity index (χ0) is 8.97. The van der Waals surface area contributed by atoms with Gasteiger partial charge in [0.2, 0.25) is 0 Å². The highest BCUT2D eigenvalue weighted by atomic mass is 35.5. The first-order valence-electron chi connectivity index (χ1n) is 3.63. The molecule has 0 aliphatic heterocycles. The van der Waals surface area contributed by atoms with Crippen LogP contribution >= 0.6 is 22.9 Å². The number of nitrogens with zero attached hydrogens (tertiary/aromatic N) is 1. The highest BCUT2D eigenvalue weighted by molar-refractivity contribution is 7.12. The van der Waals surface area contributed by atoms with Crippen molar-refractivity contribution in [3.63, 3.8) is 0 Å². The van der Waals surface area contributed by atoms with Crippen molar-refractivity contribution >= 4 is 28.8 Å². The van der Waals surface area contributed by atoms with Gasteiger partial charge < -0.3 is 5.32 Å². The van der Waals surface area contributed by atoms with Gasteiger partial charge in [0.1, 0.15) is 4.88 Å². The maximum Gasteiger partial charge on any atom is 0.264 e. The Morgan fingerprint density at radius 3 is 3.08 bits per heavy atom. The Hall–Kier alpha value is -0.610. The Bertz CT molecular complexity index is 274. The topological polar surface area (TPSA) is 42.0 Å². The van der Waals surface area contributed by atoms with E-state index >= 15 is 0 Å². The fourth-order valence-corrected chi connectivity index (χ4v) is 1.62. The summed E-state index contributed by atoms with van der Waals surface area (Å²) in [7, 11) is 0. The first-order chi connectivity index (χ1) is 5.75. The van der Waals surface area contributed by atoms with Crippen LogP contribution in [0.15, 0.2) is 5.51 Å². The van der Waals surface area contributed by atoms with Gasteiger partial charge in [0.25, 0.3) is 5.91 Å². The summed E-state index contributed by atoms with van der Waals surface area (Å²) < 4.78 is 0. The molecule has 3 nitrogen and oxygen atoms in total. The van der Waals surface area contributed by atoms with E-state index < -0.39 is 0 Å². The molecule has 0 radical (unpaired) electrons. The van der Waals surface area contributed by atoms with Gasteiger partial charge in [-0.1, -0.05) is 18.5 Å². The minimum Gasteiger partial charge on any atom is -0.351 e. The summed E-state index contributed by atoms with van der Waals surface area (Å²) in [4.78, 5) is 15.5. The zero-order valence-electron chi connectivity index (χ0n) is 6.63. The average Bonchev–Trinajstić information content (AvgIpc) is 2.47. The van der Waals surface area contributed by atoms with Crippen LogP contribution in [-0.4, -0.2) is 17.4 Å². The first kappa shape index (κ1) is 9.48. The normalized spacial score (nSPS) is 9.83. The number of hydrogen-bond acceptors (Lipinski definition) is 3. The third-order valence-electron chi connectivity index (χ3n) is 1.27. The highest BCUT2D eigenvalue weighted by Crippen LogP contribution is 2.17. The summed E-state index contributed by atoms with van der Waals surface area (Å²) in [5.74, 6) is -0.135. The van der Waals surface area contributed by atoms with Gasteiger partial charge in [-0.3, -0.25) is 4.79 Å². The monoisotopic (exact) mass is 204 g/mol. The van der Waals surface area contributed by atoms with Crippen molar-refractivity contribution in [2.75, 3.05) is 6.54 Å². The molecule has 0 fully saturated rings. The van der Waals surface area contributed by atoms with Gasteiger partial charge >= 0.3 is 0 Å². The van der Waals surface area contributed by atoms with Gasteiger partial charge in [0, 0.05) is 6.54 Å². The number of aromatic nitrogens is 1. The Morgan fingerprint density at radius 1 is 1.83 bits per heavy atom. The average molecular weight is 205 g/mol. The molecule has 0 bridgehead atoms. The highest BCUT2D eigenvalue weighted by Gasteiger charge is 2.11. The van der Waals surface area contributed by atoms with Gasteiger partial charge in [0.05, 0.1) is 5.51 Å². The summed E-state index contributed by atoms with van der Waals surface area (Å²) in [6, 6.07) is 0. The largest absolute Gasteiger partial charge is 0.351 e. The molecule has 1 rings (SSSR count). The number of carbonyl (C=O) groups excluding carboxylic acids is 1. The fraction of sp³-hybridized carbons (Fsp3) is 0.429. The minimum atomic E-state index is -0.135. The van der Waals surface area contributed by atoms with Gasteiger partial charge in [-0.25, -0.2) is 4.98 Å². The maximum atomic E-state index is 11.3. The lowest BCUT2D eigenvalue weighted by molar-refractivity contribution is 0.0957. The van der Waals surface area contributed by atoms with Crippen LogP contribution in [0, 0.1) is 0 Å². The molecule has 0 aliphatic carbocycles. The quantitative estimate of drug-likeness (QED) is 0.818. The molecule has 0 aliphatic rings. The van der Waals surface area contributed by atoms with Crippen molar-refractivity contribution in [2.24, 2.45) is 0 Å². The lowest BCUT2D eigenvalue weighted by atomic mass is 10.4. The lowest BCUT2D eigenvalue weighted by Gasteiger charge is -1.99. The predicted octanol–water partition coefficient (Wildman–Crippen LogP) is 1.94. The molecule has 1 aromatic rings. The van der Waals surface area contributed by atoms with Crippen LogP contribution in [0.4, 0.5) is 0 Å². The SMILES string of the molecule is CCCNC(=O)c1scnc1Cl. The molecule has 66 valence electrons. The Morgan fingerprint density at radius 2 is 2.58 bits per heavy atom. The van der Waals surface area contributed by atoms with Crippen molar-refractivity contribution in [2.45, 2.75) is 13.3 Å². The Balaban J connectivity index is 2.59. The number of halogens is 1. The van der Waals surface area contributed by atoms with E-state index in [1.165, 1.54) is 11.3 Å². The molecule has 0 unspecified atom stereocenters. The van der Waals surface area contributed by atoms with Crippen molar-refractivity contribution in [1.29, 1.82) is 0 Å². The van der Waals surface area contributed by atoms with E-state index in [1.54, 1.807) is 5.51 Å². The molecule has 1 N–H and O–H groups in total. The lowest BCUT2D eigenvalue weighted by Crippen LogP contribution is -2.23. The molecule has 1 aromatic heterocycles. The summed E-state index contributed by atoms with van der Waals surface area (Å²) in [5, 5.41) is 3.01.